The van der Waals surface area contributed by atoms with Crippen molar-refractivity contribution in [2.75, 3.05) is 0 Å². The fourth-order valence-electron chi connectivity index (χ4n) is 2.28. The highest BCUT2D eigenvalue weighted by molar-refractivity contribution is 5.19. The third kappa shape index (κ3) is 3.48. The predicted octanol–water partition coefficient (Wildman–Crippen LogP) is 6.38. The molecule has 0 aromatic carbocycles. The molecular weight excluding hydrogens is 488 g/mol. The van der Waals surface area contributed by atoms with E-state index in [2.05, 4.69) is 4.98 Å². The second kappa shape index (κ2) is 7.31. The van der Waals surface area contributed by atoms with Gasteiger partial charge >= 0.3 is 42.3 Å². The van der Waals surface area contributed by atoms with Crippen LogP contribution in [0.4, 0.5) is 70.2 Å². The van der Waals surface area contributed by atoms with E-state index in [-0.39, 0.29) is 19.3 Å². The molecule has 18 heteroatoms. The number of alkyl halides is 16. The van der Waals surface area contributed by atoms with Crippen LogP contribution < -0.4 is 0 Å². The first-order chi connectivity index (χ1) is 13.5. The summed E-state index contributed by atoms with van der Waals surface area (Å²) in [6.07, 6.45) is -15.1. The van der Waals surface area contributed by atoms with Gasteiger partial charge in [-0.1, -0.05) is 6.92 Å². The molecule has 1 rings (SSSR count). The number of rotatable bonds is 8. The van der Waals surface area contributed by atoms with Gasteiger partial charge in [0.2, 0.25) is 5.67 Å². The van der Waals surface area contributed by atoms with Gasteiger partial charge in [0.05, 0.1) is 0 Å². The number of hydrogen-bond acceptors (Lipinski definition) is 1. The summed E-state index contributed by atoms with van der Waals surface area (Å²) in [6, 6.07) is -5.65. The molecule has 0 amide bonds. The molecule has 1 atom stereocenters. The van der Waals surface area contributed by atoms with Crippen LogP contribution in [0, 0.1) is 0 Å². The van der Waals surface area contributed by atoms with Gasteiger partial charge < -0.3 is 0 Å². The molecule has 0 saturated carbocycles. The normalized spacial score (nSPS) is 17.2. The molecule has 1 heterocycles. The lowest BCUT2D eigenvalue weighted by Gasteiger charge is -2.42. The summed E-state index contributed by atoms with van der Waals surface area (Å²) in [5, 5.41) is 0. The van der Waals surface area contributed by atoms with Gasteiger partial charge in [0.1, 0.15) is 0 Å². The molecule has 0 N–H and O–H groups in total. The maximum atomic E-state index is 14.9. The smallest absolute Gasteiger partial charge is 0.267 e. The van der Waals surface area contributed by atoms with Gasteiger partial charge in [-0.3, -0.25) is 4.57 Å². The monoisotopic (exact) mass is 496 g/mol. The summed E-state index contributed by atoms with van der Waals surface area (Å²) in [6.45, 7) is 0.0730. The summed E-state index contributed by atoms with van der Waals surface area (Å²) in [5.74, 6) is -33.9. The molecule has 0 radical (unpaired) electrons. The zero-order valence-corrected chi connectivity index (χ0v) is 14.4. The Labute approximate surface area is 160 Å². The van der Waals surface area contributed by atoms with Crippen LogP contribution >= 0.6 is 0 Å². The first-order valence-corrected chi connectivity index (χ1v) is 7.45. The van der Waals surface area contributed by atoms with Crippen molar-refractivity contribution in [2.24, 2.45) is 0 Å². The van der Waals surface area contributed by atoms with Crippen molar-refractivity contribution in [2.45, 2.75) is 61.4 Å². The lowest BCUT2D eigenvalue weighted by molar-refractivity contribution is -0.434. The summed E-state index contributed by atoms with van der Waals surface area (Å²) in [7, 11) is 0. The maximum absolute atomic E-state index is 14.9. The average molecular weight is 496 g/mol. The highest BCUT2D eigenvalue weighted by Crippen LogP contribution is 2.62. The van der Waals surface area contributed by atoms with Crippen molar-refractivity contribution in [3.05, 3.63) is 18.2 Å². The van der Waals surface area contributed by atoms with E-state index in [0.29, 0.717) is 0 Å². The number of aromatic nitrogens is 2. The molecule has 0 saturated heterocycles. The van der Waals surface area contributed by atoms with Crippen LogP contribution in [0.15, 0.2) is 12.4 Å². The van der Waals surface area contributed by atoms with Gasteiger partial charge in [0, 0.05) is 12.4 Å². The van der Waals surface area contributed by atoms with E-state index in [4.69, 9.17) is 0 Å². The molecule has 31 heavy (non-hydrogen) atoms. The first kappa shape index (κ1) is 27.1. The summed E-state index contributed by atoms with van der Waals surface area (Å²) < 4.78 is 210. The Morgan fingerprint density at radius 3 is 1.52 bits per heavy atom. The van der Waals surface area contributed by atoms with Crippen LogP contribution in [0.3, 0.4) is 0 Å². The van der Waals surface area contributed by atoms with Crippen molar-refractivity contribution in [3.8, 4) is 0 Å². The molecule has 1 aromatic heterocycles. The first-order valence-electron chi connectivity index (χ1n) is 7.45. The van der Waals surface area contributed by atoms with Gasteiger partial charge in [-0.2, -0.15) is 57.1 Å². The molecule has 0 aliphatic carbocycles. The van der Waals surface area contributed by atoms with Crippen molar-refractivity contribution in [1.82, 2.24) is 9.55 Å². The van der Waals surface area contributed by atoms with Crippen molar-refractivity contribution < 1.29 is 70.2 Å². The van der Waals surface area contributed by atoms with E-state index in [1.807, 2.05) is 0 Å². The van der Waals surface area contributed by atoms with Crippen LogP contribution in [0.5, 0.6) is 0 Å². The van der Waals surface area contributed by atoms with E-state index >= 15 is 0 Å². The quantitative estimate of drug-likeness (QED) is 0.383. The molecule has 0 aliphatic heterocycles. The third-order valence-corrected chi connectivity index (χ3v) is 4.10. The summed E-state index contributed by atoms with van der Waals surface area (Å²) in [5.41, 5.74) is -5.65. The summed E-state index contributed by atoms with van der Waals surface area (Å²) in [4.78, 5) is 2.39. The fraction of sp³-hybridized carbons (Fsp3) is 0.769. The molecule has 0 aliphatic rings. The van der Waals surface area contributed by atoms with Crippen LogP contribution in [-0.2, 0) is 11.7 Å². The van der Waals surface area contributed by atoms with Crippen LogP contribution in [0.25, 0.3) is 0 Å². The lowest BCUT2D eigenvalue weighted by Crippen LogP contribution is -2.70. The zero-order valence-electron chi connectivity index (χ0n) is 14.4. The van der Waals surface area contributed by atoms with Crippen molar-refractivity contribution >= 4 is 0 Å². The topological polar surface area (TPSA) is 17.8 Å². The van der Waals surface area contributed by atoms with Crippen molar-refractivity contribution in [3.63, 3.8) is 0 Å². The highest BCUT2D eigenvalue weighted by Gasteiger charge is 2.90. The molecule has 0 spiro atoms. The van der Waals surface area contributed by atoms with Crippen LogP contribution in [0.2, 0.25) is 0 Å². The SMILES string of the molecule is CCC(F)(c1nccn1C(F)(F)C(F)F)C(F)(F)C(F)(F)C(F)(F)C(F)(F)C(F)(F)F. The van der Waals surface area contributed by atoms with Crippen LogP contribution in [0.1, 0.15) is 19.2 Å². The molecular formula is C13H8F16N2. The van der Waals surface area contributed by atoms with Crippen LogP contribution in [-0.4, -0.2) is 45.8 Å². The van der Waals surface area contributed by atoms with E-state index in [1.165, 1.54) is 0 Å². The Balaban J connectivity index is 3.80. The minimum atomic E-state index is -8.03. The van der Waals surface area contributed by atoms with Crippen molar-refractivity contribution in [1.29, 1.82) is 0 Å². The number of nitrogens with zero attached hydrogens (tertiary/aromatic N) is 2. The second-order valence-corrected chi connectivity index (χ2v) is 5.96. The number of imidazole rings is 1. The molecule has 0 bridgehead atoms. The number of halogens is 16. The minimum absolute atomic E-state index is 0.0730. The van der Waals surface area contributed by atoms with E-state index in [0.717, 1.165) is 0 Å². The Bertz CT molecular complexity index is 779. The predicted molar refractivity (Wildman–Crippen MR) is 67.3 cm³/mol. The average Bonchev–Trinajstić information content (AvgIpc) is 3.10. The summed E-state index contributed by atoms with van der Waals surface area (Å²) >= 11 is 0. The van der Waals surface area contributed by atoms with E-state index in [1.54, 1.807) is 0 Å². The standard InChI is InChI=1S/C13H8F16N2/c1-2-7(16,6-30-3-4-31(6)8(17,18)5(14)15)9(19,20)10(21,22)11(23,24)12(25,26)13(27,28)29/h3-5H,2H2,1H3. The largest absolute Gasteiger partial charge is 0.460 e. The Morgan fingerprint density at radius 2 is 1.16 bits per heavy atom. The Hall–Kier alpha value is -1.91. The van der Waals surface area contributed by atoms with Gasteiger partial charge in [-0.25, -0.2) is 18.2 Å². The lowest BCUT2D eigenvalue weighted by atomic mass is 9.84. The van der Waals surface area contributed by atoms with E-state index in [9.17, 15) is 70.2 Å². The maximum Gasteiger partial charge on any atom is 0.460 e. The molecule has 2 nitrogen and oxygen atoms in total. The van der Waals surface area contributed by atoms with Gasteiger partial charge in [0.25, 0.3) is 0 Å². The molecule has 1 aromatic rings. The third-order valence-electron chi connectivity index (χ3n) is 4.10. The molecule has 182 valence electrons. The molecule has 1 unspecified atom stereocenters. The molecule has 0 fully saturated rings. The zero-order chi connectivity index (χ0) is 25.1. The Kier molecular flexibility index (Phi) is 6.40. The fourth-order valence-corrected chi connectivity index (χ4v) is 2.28. The highest BCUT2D eigenvalue weighted by atomic mass is 19.4. The number of hydrogen-bond donors (Lipinski definition) is 0. The van der Waals surface area contributed by atoms with Gasteiger partial charge in [-0.05, 0) is 6.42 Å². The second-order valence-electron chi connectivity index (χ2n) is 5.96. The van der Waals surface area contributed by atoms with E-state index < -0.39 is 64.8 Å². The Morgan fingerprint density at radius 1 is 0.742 bits per heavy atom. The minimum Gasteiger partial charge on any atom is -0.267 e. The van der Waals surface area contributed by atoms with Gasteiger partial charge in [-0.15, -0.1) is 0 Å². The van der Waals surface area contributed by atoms with Gasteiger partial charge in [0.15, 0.2) is 5.82 Å².